The van der Waals surface area contributed by atoms with Crippen LogP contribution < -0.4 is 5.32 Å². The van der Waals surface area contributed by atoms with Crippen molar-refractivity contribution < 1.29 is 4.42 Å². The molecule has 1 atom stereocenters. The van der Waals surface area contributed by atoms with Crippen LogP contribution in [0, 0.1) is 6.92 Å². The van der Waals surface area contributed by atoms with Gasteiger partial charge in [-0.2, -0.15) is 0 Å². The second kappa shape index (κ2) is 4.70. The van der Waals surface area contributed by atoms with Gasteiger partial charge in [0.15, 0.2) is 4.67 Å². The molecule has 0 aliphatic carbocycles. The van der Waals surface area contributed by atoms with Gasteiger partial charge in [-0.15, -0.1) is 0 Å². The lowest BCUT2D eigenvalue weighted by molar-refractivity contribution is 0.471. The Morgan fingerprint density at radius 3 is 2.69 bits per heavy atom. The maximum atomic E-state index is 5.47. The Bertz CT molecular complexity index is 464. The fourth-order valence-corrected chi connectivity index (χ4v) is 1.75. The van der Waals surface area contributed by atoms with Crippen LogP contribution in [0.1, 0.15) is 24.4 Å². The maximum absolute atomic E-state index is 5.47. The van der Waals surface area contributed by atoms with E-state index >= 15 is 0 Å². The molecule has 0 aliphatic rings. The van der Waals surface area contributed by atoms with Crippen molar-refractivity contribution in [2.45, 2.75) is 19.9 Å². The number of pyridine rings is 1. The Balaban J connectivity index is 2.07. The highest BCUT2D eigenvalue weighted by Crippen LogP contribution is 2.23. The number of anilines is 1. The number of furan rings is 1. The Labute approximate surface area is 103 Å². The van der Waals surface area contributed by atoms with E-state index in [2.05, 4.69) is 26.2 Å². The molecule has 16 heavy (non-hydrogen) atoms. The van der Waals surface area contributed by atoms with E-state index in [0.29, 0.717) is 0 Å². The molecule has 2 rings (SSSR count). The van der Waals surface area contributed by atoms with Crippen LogP contribution in [-0.2, 0) is 0 Å². The molecule has 0 amide bonds. The number of nitrogens with one attached hydrogen (secondary N) is 1. The van der Waals surface area contributed by atoms with Crippen molar-refractivity contribution in [3.63, 3.8) is 0 Å². The summed E-state index contributed by atoms with van der Waals surface area (Å²) in [7, 11) is 0. The quantitative estimate of drug-likeness (QED) is 0.926. The molecule has 2 aromatic heterocycles. The Morgan fingerprint density at radius 2 is 2.12 bits per heavy atom. The fraction of sp³-hybridized carbons (Fsp3) is 0.250. The molecule has 0 spiro atoms. The van der Waals surface area contributed by atoms with Crippen LogP contribution in [0.2, 0.25) is 0 Å². The minimum Gasteiger partial charge on any atom is -0.452 e. The molecule has 1 N–H and O–H groups in total. The van der Waals surface area contributed by atoms with Gasteiger partial charge in [0.2, 0.25) is 0 Å². The smallest absolute Gasteiger partial charge is 0.169 e. The summed E-state index contributed by atoms with van der Waals surface area (Å²) in [5.74, 6) is 0.896. The van der Waals surface area contributed by atoms with E-state index in [0.717, 1.165) is 21.8 Å². The first-order valence-corrected chi connectivity index (χ1v) is 5.89. The molecule has 0 aliphatic heterocycles. The standard InChI is InChI=1S/C12H13BrN2O/c1-8-3-4-10(7-14-8)15-9(2)11-5-6-12(13)16-11/h3-7,9,15H,1-2H3. The van der Waals surface area contributed by atoms with Gasteiger partial charge in [0, 0.05) is 5.69 Å². The zero-order valence-corrected chi connectivity index (χ0v) is 10.8. The van der Waals surface area contributed by atoms with Gasteiger partial charge in [0.25, 0.3) is 0 Å². The van der Waals surface area contributed by atoms with Crippen molar-refractivity contribution in [2.24, 2.45) is 0 Å². The summed E-state index contributed by atoms with van der Waals surface area (Å²) in [5, 5.41) is 3.32. The van der Waals surface area contributed by atoms with Crippen LogP contribution in [-0.4, -0.2) is 4.98 Å². The lowest BCUT2D eigenvalue weighted by Crippen LogP contribution is -2.05. The normalized spacial score (nSPS) is 12.4. The molecule has 0 aromatic carbocycles. The summed E-state index contributed by atoms with van der Waals surface area (Å²) >= 11 is 3.29. The molecular formula is C12H13BrN2O. The SMILES string of the molecule is Cc1ccc(NC(C)c2ccc(Br)o2)cn1. The van der Waals surface area contributed by atoms with Crippen LogP contribution in [0.15, 0.2) is 39.5 Å². The van der Waals surface area contributed by atoms with Gasteiger partial charge in [0.1, 0.15) is 5.76 Å². The van der Waals surface area contributed by atoms with Crippen molar-refractivity contribution in [1.82, 2.24) is 4.98 Å². The lowest BCUT2D eigenvalue weighted by atomic mass is 10.2. The van der Waals surface area contributed by atoms with Gasteiger partial charge in [-0.05, 0) is 54.0 Å². The number of hydrogen-bond acceptors (Lipinski definition) is 3. The Hall–Kier alpha value is -1.29. The van der Waals surface area contributed by atoms with E-state index in [4.69, 9.17) is 4.42 Å². The maximum Gasteiger partial charge on any atom is 0.169 e. The number of hydrogen-bond donors (Lipinski definition) is 1. The van der Waals surface area contributed by atoms with Crippen LogP contribution in [0.5, 0.6) is 0 Å². The highest BCUT2D eigenvalue weighted by Gasteiger charge is 2.09. The van der Waals surface area contributed by atoms with Gasteiger partial charge in [-0.3, -0.25) is 4.98 Å². The van der Waals surface area contributed by atoms with E-state index < -0.39 is 0 Å². The molecule has 4 heteroatoms. The van der Waals surface area contributed by atoms with Crippen molar-refractivity contribution in [3.05, 3.63) is 46.6 Å². The number of nitrogens with zero attached hydrogens (tertiary/aromatic N) is 1. The zero-order valence-electron chi connectivity index (χ0n) is 9.20. The molecule has 0 fully saturated rings. The number of rotatable bonds is 3. The minimum absolute atomic E-state index is 0.121. The van der Waals surface area contributed by atoms with Crippen LogP contribution in [0.25, 0.3) is 0 Å². The predicted octanol–water partition coefficient (Wildman–Crippen LogP) is 3.92. The van der Waals surface area contributed by atoms with E-state index in [1.807, 2.05) is 44.3 Å². The number of aromatic nitrogens is 1. The summed E-state index contributed by atoms with van der Waals surface area (Å²) in [6.07, 6.45) is 1.82. The zero-order chi connectivity index (χ0) is 11.5. The van der Waals surface area contributed by atoms with E-state index in [1.165, 1.54) is 0 Å². The second-order valence-electron chi connectivity index (χ2n) is 3.70. The van der Waals surface area contributed by atoms with Crippen molar-refractivity contribution in [1.29, 1.82) is 0 Å². The Morgan fingerprint density at radius 1 is 1.31 bits per heavy atom. The van der Waals surface area contributed by atoms with Gasteiger partial charge in [0.05, 0.1) is 17.9 Å². The summed E-state index contributed by atoms with van der Waals surface area (Å²) in [4.78, 5) is 4.23. The van der Waals surface area contributed by atoms with Crippen molar-refractivity contribution >= 4 is 21.6 Å². The first-order valence-electron chi connectivity index (χ1n) is 5.09. The highest BCUT2D eigenvalue weighted by atomic mass is 79.9. The molecule has 2 aromatic rings. The average molecular weight is 281 g/mol. The topological polar surface area (TPSA) is 38.1 Å². The van der Waals surface area contributed by atoms with E-state index in [9.17, 15) is 0 Å². The molecule has 3 nitrogen and oxygen atoms in total. The largest absolute Gasteiger partial charge is 0.452 e. The molecule has 0 saturated heterocycles. The predicted molar refractivity (Wildman–Crippen MR) is 67.4 cm³/mol. The third-order valence-electron chi connectivity index (χ3n) is 2.32. The number of aryl methyl sites for hydroxylation is 1. The molecule has 84 valence electrons. The number of halogens is 1. The molecule has 2 heterocycles. The summed E-state index contributed by atoms with van der Waals surface area (Å²) in [5.41, 5.74) is 2.00. The third-order valence-corrected chi connectivity index (χ3v) is 2.74. The van der Waals surface area contributed by atoms with Crippen molar-refractivity contribution in [2.75, 3.05) is 5.32 Å². The highest BCUT2D eigenvalue weighted by molar-refractivity contribution is 9.10. The second-order valence-corrected chi connectivity index (χ2v) is 4.48. The molecule has 0 radical (unpaired) electrons. The first-order chi connectivity index (χ1) is 7.65. The average Bonchev–Trinajstić information content (AvgIpc) is 2.68. The van der Waals surface area contributed by atoms with Crippen LogP contribution >= 0.6 is 15.9 Å². The molecule has 0 bridgehead atoms. The van der Waals surface area contributed by atoms with Gasteiger partial charge in [-0.25, -0.2) is 0 Å². The third kappa shape index (κ3) is 2.64. The fourth-order valence-electron chi connectivity index (χ4n) is 1.44. The van der Waals surface area contributed by atoms with Crippen LogP contribution in [0.4, 0.5) is 5.69 Å². The molecule has 0 saturated carbocycles. The summed E-state index contributed by atoms with van der Waals surface area (Å²) in [6.45, 7) is 4.02. The van der Waals surface area contributed by atoms with Crippen molar-refractivity contribution in [3.8, 4) is 0 Å². The van der Waals surface area contributed by atoms with E-state index in [1.54, 1.807) is 0 Å². The molecule has 1 unspecified atom stereocenters. The van der Waals surface area contributed by atoms with Gasteiger partial charge >= 0.3 is 0 Å². The Kier molecular flexibility index (Phi) is 3.29. The molecular weight excluding hydrogens is 268 g/mol. The summed E-state index contributed by atoms with van der Waals surface area (Å²) < 4.78 is 6.22. The van der Waals surface area contributed by atoms with Gasteiger partial charge < -0.3 is 9.73 Å². The first kappa shape index (κ1) is 11.2. The van der Waals surface area contributed by atoms with E-state index in [-0.39, 0.29) is 6.04 Å². The minimum atomic E-state index is 0.121. The summed E-state index contributed by atoms with van der Waals surface area (Å²) in [6, 6.07) is 7.95. The van der Waals surface area contributed by atoms with Gasteiger partial charge in [-0.1, -0.05) is 0 Å². The van der Waals surface area contributed by atoms with Crippen LogP contribution in [0.3, 0.4) is 0 Å². The monoisotopic (exact) mass is 280 g/mol. The lowest BCUT2D eigenvalue weighted by Gasteiger charge is -2.12.